The third kappa shape index (κ3) is 13.1. The number of aliphatic hydroxyl groups excluding tert-OH is 1. The van der Waals surface area contributed by atoms with Gasteiger partial charge in [-0.2, -0.15) is 0 Å². The number of rotatable bonds is 21. The lowest BCUT2D eigenvalue weighted by Crippen LogP contribution is -2.33. The Balaban J connectivity index is 1.27. The minimum atomic E-state index is -0.430. The fraction of sp³-hybridized carbons (Fsp3) is 0.489. The average Bonchev–Trinajstić information content (AvgIpc) is 3.71. The highest BCUT2D eigenvalue weighted by atomic mass is 32.1. The number of nitrogens with zero attached hydrogens (tertiary/aromatic N) is 2. The molecule has 4 rings (SSSR count). The maximum absolute atomic E-state index is 13.4. The van der Waals surface area contributed by atoms with Gasteiger partial charge in [0.1, 0.15) is 16.1 Å². The van der Waals surface area contributed by atoms with Crippen molar-refractivity contribution in [3.63, 3.8) is 0 Å². The van der Waals surface area contributed by atoms with Gasteiger partial charge in [0.25, 0.3) is 0 Å². The molecular formula is C47H62N2O5S2. The molecule has 302 valence electrons. The lowest BCUT2D eigenvalue weighted by Gasteiger charge is -2.32. The number of hydrogen-bond acceptors (Lipinski definition) is 9. The fourth-order valence-electron chi connectivity index (χ4n) is 6.82. The Labute approximate surface area is 343 Å². The molecule has 0 radical (unpaired) electrons. The number of ether oxygens (including phenoxy) is 2. The van der Waals surface area contributed by atoms with Crippen LogP contribution in [0.25, 0.3) is 12.2 Å². The standard InChI is InChI=1S/C47H62N2O5S2/c1-10-12-28-46(5,6)40(50)24-18-22-36-32(3)34(36)20-15-17-27-43-49-39(31-56-43)45(52)54-41(47(7,8)29-13-11-2)25-19-23-37-33(4)35(37)21-14-16-26-42-48-38(30-55-42)44(51)53-9/h10-23,26-27,30-37,40-41,50H,24-25,28-29H2,1-9H3/b12-10+,13-11+,20-15+,21-14+,22-18-,23-19-,26-16-,27-17-/t32-,33?,34?,35?,36?,37?,40-,41-/m0/s1. The zero-order valence-corrected chi connectivity index (χ0v) is 36.3. The first-order valence-corrected chi connectivity index (χ1v) is 21.6. The second kappa shape index (κ2) is 21.0. The highest BCUT2D eigenvalue weighted by Gasteiger charge is 2.43. The maximum Gasteiger partial charge on any atom is 0.358 e. The third-order valence-electron chi connectivity index (χ3n) is 11.3. The number of aliphatic hydroxyl groups is 1. The lowest BCUT2D eigenvalue weighted by molar-refractivity contribution is -0.00633. The van der Waals surface area contributed by atoms with E-state index in [1.165, 1.54) is 29.8 Å². The van der Waals surface area contributed by atoms with Crippen molar-refractivity contribution < 1.29 is 24.2 Å². The summed E-state index contributed by atoms with van der Waals surface area (Å²) in [5.74, 6) is 2.11. The van der Waals surface area contributed by atoms with E-state index in [0.29, 0.717) is 59.7 Å². The minimum absolute atomic E-state index is 0.145. The summed E-state index contributed by atoms with van der Waals surface area (Å²) >= 11 is 2.84. The smallest absolute Gasteiger partial charge is 0.358 e. The fourth-order valence-corrected chi connectivity index (χ4v) is 8.20. The highest BCUT2D eigenvalue weighted by molar-refractivity contribution is 7.11. The Morgan fingerprint density at radius 1 is 0.714 bits per heavy atom. The molecule has 0 bridgehead atoms. The molecule has 56 heavy (non-hydrogen) atoms. The average molecular weight is 799 g/mol. The first-order valence-electron chi connectivity index (χ1n) is 19.9. The summed E-state index contributed by atoms with van der Waals surface area (Å²) in [6, 6.07) is 0. The first-order chi connectivity index (χ1) is 26.7. The Kier molecular flexibility index (Phi) is 16.8. The van der Waals surface area contributed by atoms with Gasteiger partial charge in [-0.25, -0.2) is 19.6 Å². The molecule has 8 atom stereocenters. The van der Waals surface area contributed by atoms with E-state index in [2.05, 4.69) is 106 Å². The molecule has 0 aliphatic heterocycles. The van der Waals surface area contributed by atoms with Crippen LogP contribution in [0.5, 0.6) is 0 Å². The molecule has 2 heterocycles. The number of esters is 2. The normalized spacial score (nSPS) is 24.3. The Morgan fingerprint density at radius 2 is 1.18 bits per heavy atom. The number of aromatic nitrogens is 2. The van der Waals surface area contributed by atoms with Gasteiger partial charge in [-0.15, -0.1) is 22.7 Å². The number of allylic oxidation sites excluding steroid dienone is 12. The van der Waals surface area contributed by atoms with Crippen molar-refractivity contribution in [2.24, 2.45) is 46.3 Å². The summed E-state index contributed by atoms with van der Waals surface area (Å²) in [5, 5.41) is 15.7. The second-order valence-electron chi connectivity index (χ2n) is 16.4. The minimum Gasteiger partial charge on any atom is -0.464 e. The van der Waals surface area contributed by atoms with Crippen molar-refractivity contribution in [2.75, 3.05) is 7.11 Å². The summed E-state index contributed by atoms with van der Waals surface area (Å²) in [6.45, 7) is 17.1. The maximum atomic E-state index is 13.4. The molecule has 2 aromatic rings. The SMILES string of the molecule is C/C=C/CC(C)(C)[C@H](C/C=C\C1C(C)C1/C=C/C=C\c1nc(C(=O)OC)cs1)OC(=O)c1csc(/C=C\C=C\C2C(/C=C\C[C@H](O)C(C)(C)C/C=C/C)[C@H]2C)n1. The van der Waals surface area contributed by atoms with Gasteiger partial charge in [-0.1, -0.05) is 127 Å². The molecule has 2 fully saturated rings. The molecule has 9 heteroatoms. The summed E-state index contributed by atoms with van der Waals surface area (Å²) < 4.78 is 10.9. The number of carbonyl (C=O) groups excluding carboxylic acids is 2. The zero-order chi connectivity index (χ0) is 40.9. The Bertz CT molecular complexity index is 1840. The zero-order valence-electron chi connectivity index (χ0n) is 34.6. The van der Waals surface area contributed by atoms with Crippen molar-refractivity contribution in [2.45, 2.75) is 93.3 Å². The number of thiazole rings is 2. The van der Waals surface area contributed by atoms with Crippen LogP contribution in [0.15, 0.2) is 95.8 Å². The predicted molar refractivity (Wildman–Crippen MR) is 233 cm³/mol. The molecule has 1 N–H and O–H groups in total. The van der Waals surface area contributed by atoms with Gasteiger partial charge in [0.15, 0.2) is 11.4 Å². The van der Waals surface area contributed by atoms with E-state index in [9.17, 15) is 14.7 Å². The second-order valence-corrected chi connectivity index (χ2v) is 18.2. The third-order valence-corrected chi connectivity index (χ3v) is 12.9. The molecule has 7 nitrogen and oxygen atoms in total. The summed E-state index contributed by atoms with van der Waals surface area (Å²) in [6.07, 6.45) is 35.7. The van der Waals surface area contributed by atoms with Crippen molar-refractivity contribution in [3.05, 3.63) is 117 Å². The van der Waals surface area contributed by atoms with Crippen LogP contribution in [0.1, 0.15) is 112 Å². The molecule has 2 aliphatic carbocycles. The van der Waals surface area contributed by atoms with Gasteiger partial charge in [0, 0.05) is 22.6 Å². The topological polar surface area (TPSA) is 98.6 Å². The first kappa shape index (κ1) is 44.8. The summed E-state index contributed by atoms with van der Waals surface area (Å²) in [5.41, 5.74) is 0.241. The van der Waals surface area contributed by atoms with Crippen molar-refractivity contribution in [1.29, 1.82) is 0 Å². The van der Waals surface area contributed by atoms with Crippen LogP contribution in [0.2, 0.25) is 0 Å². The summed E-state index contributed by atoms with van der Waals surface area (Å²) in [4.78, 5) is 33.9. The quantitative estimate of drug-likeness (QED) is 0.0763. The van der Waals surface area contributed by atoms with Crippen LogP contribution in [0.3, 0.4) is 0 Å². The number of methoxy groups -OCH3 is 1. The molecule has 0 saturated heterocycles. The van der Waals surface area contributed by atoms with Gasteiger partial charge in [0.05, 0.1) is 13.2 Å². The molecular weight excluding hydrogens is 737 g/mol. The number of hydrogen-bond donors (Lipinski definition) is 1. The lowest BCUT2D eigenvalue weighted by atomic mass is 9.81. The van der Waals surface area contributed by atoms with E-state index in [0.717, 1.165) is 22.9 Å². The monoisotopic (exact) mass is 798 g/mol. The van der Waals surface area contributed by atoms with Crippen molar-refractivity contribution in [3.8, 4) is 0 Å². The van der Waals surface area contributed by atoms with Crippen LogP contribution in [-0.2, 0) is 9.47 Å². The van der Waals surface area contributed by atoms with Gasteiger partial charge in [0.2, 0.25) is 0 Å². The van der Waals surface area contributed by atoms with Gasteiger partial charge in [-0.05, 0) is 86.2 Å². The van der Waals surface area contributed by atoms with E-state index >= 15 is 0 Å². The summed E-state index contributed by atoms with van der Waals surface area (Å²) in [7, 11) is 1.35. The van der Waals surface area contributed by atoms with E-state index in [1.807, 2.05) is 56.4 Å². The largest absolute Gasteiger partial charge is 0.464 e. The van der Waals surface area contributed by atoms with Crippen LogP contribution in [0, 0.1) is 46.3 Å². The predicted octanol–water partition coefficient (Wildman–Crippen LogP) is 11.8. The van der Waals surface area contributed by atoms with Gasteiger partial charge < -0.3 is 14.6 Å². The molecule has 0 aromatic carbocycles. The molecule has 2 aromatic heterocycles. The van der Waals surface area contributed by atoms with Crippen molar-refractivity contribution in [1.82, 2.24) is 9.97 Å². The van der Waals surface area contributed by atoms with Crippen LogP contribution in [-0.4, -0.2) is 46.3 Å². The van der Waals surface area contributed by atoms with Gasteiger partial charge >= 0.3 is 11.9 Å². The highest BCUT2D eigenvalue weighted by Crippen LogP contribution is 2.49. The molecule has 2 aliphatic rings. The molecule has 2 saturated carbocycles. The van der Waals surface area contributed by atoms with E-state index in [-0.39, 0.29) is 23.0 Å². The molecule has 5 unspecified atom stereocenters. The van der Waals surface area contributed by atoms with Crippen LogP contribution < -0.4 is 0 Å². The Hall–Kier alpha value is -3.92. The molecule has 0 amide bonds. The van der Waals surface area contributed by atoms with E-state index in [4.69, 9.17) is 9.47 Å². The van der Waals surface area contributed by atoms with Gasteiger partial charge in [-0.3, -0.25) is 0 Å². The number of carbonyl (C=O) groups is 2. The van der Waals surface area contributed by atoms with Crippen LogP contribution in [0.4, 0.5) is 0 Å². The Morgan fingerprint density at radius 3 is 1.68 bits per heavy atom. The van der Waals surface area contributed by atoms with Crippen molar-refractivity contribution >= 4 is 46.8 Å². The molecule has 0 spiro atoms. The van der Waals surface area contributed by atoms with Crippen LogP contribution >= 0.6 is 22.7 Å². The van der Waals surface area contributed by atoms with E-state index in [1.54, 1.807) is 10.8 Å². The van der Waals surface area contributed by atoms with E-state index < -0.39 is 11.9 Å².